The molecule has 3 N–H and O–H groups in total. The van der Waals surface area contributed by atoms with Gasteiger partial charge in [-0.25, -0.2) is 9.13 Å². The number of hydrogen-bond donors (Lipinski definition) is 3. The van der Waals surface area contributed by atoms with Crippen molar-refractivity contribution < 1.29 is 80.2 Å². The number of phosphoric acid groups is 2. The molecule has 0 bridgehead atoms. The van der Waals surface area contributed by atoms with Gasteiger partial charge >= 0.3 is 39.5 Å². The fourth-order valence-electron chi connectivity index (χ4n) is 9.47. The van der Waals surface area contributed by atoms with E-state index in [0.717, 1.165) is 121 Å². The Morgan fingerprint density at radius 3 is 0.942 bits per heavy atom. The molecule has 19 heteroatoms. The van der Waals surface area contributed by atoms with Crippen molar-refractivity contribution in [2.75, 3.05) is 39.6 Å². The Morgan fingerprint density at radius 1 is 0.360 bits per heavy atom. The van der Waals surface area contributed by atoms with Gasteiger partial charge < -0.3 is 33.8 Å². The normalized spacial score (nSPS) is 14.5. The molecule has 0 aliphatic rings. The van der Waals surface area contributed by atoms with Gasteiger partial charge in [-0.1, -0.05) is 253 Å². The Labute approximate surface area is 522 Å². The van der Waals surface area contributed by atoms with Crippen molar-refractivity contribution in [2.45, 2.75) is 324 Å². The topological polar surface area (TPSA) is 237 Å². The van der Waals surface area contributed by atoms with Crippen LogP contribution >= 0.6 is 15.6 Å². The Bertz CT molecular complexity index is 1790. The Morgan fingerprint density at radius 2 is 0.628 bits per heavy atom. The van der Waals surface area contributed by atoms with E-state index in [2.05, 4.69) is 72.8 Å². The zero-order valence-corrected chi connectivity index (χ0v) is 57.0. The summed E-state index contributed by atoms with van der Waals surface area (Å²) in [5.41, 5.74) is 0. The first kappa shape index (κ1) is 83.5. The van der Waals surface area contributed by atoms with Crippen LogP contribution in [-0.2, 0) is 65.4 Å². The summed E-state index contributed by atoms with van der Waals surface area (Å²) in [5.74, 6) is -0.0484. The number of carbonyl (C=O) groups excluding carboxylic acids is 4. The van der Waals surface area contributed by atoms with Gasteiger partial charge in [0.25, 0.3) is 0 Å². The number of phosphoric ester groups is 2. The van der Waals surface area contributed by atoms with Crippen LogP contribution in [-0.4, -0.2) is 96.7 Å². The zero-order chi connectivity index (χ0) is 63.8. The second-order valence-electron chi connectivity index (χ2n) is 25.0. The molecule has 0 aliphatic heterocycles. The minimum atomic E-state index is -4.96. The van der Waals surface area contributed by atoms with Crippen LogP contribution in [0.5, 0.6) is 0 Å². The van der Waals surface area contributed by atoms with E-state index in [9.17, 15) is 43.2 Å². The number of rotatable bonds is 63. The number of esters is 4. The number of carbonyl (C=O) groups is 4. The van der Waals surface area contributed by atoms with E-state index in [1.165, 1.54) is 89.9 Å². The molecular weight excluding hydrogens is 1140 g/mol. The highest BCUT2D eigenvalue weighted by Crippen LogP contribution is 2.45. The Kier molecular flexibility index (Phi) is 56.0. The SMILES string of the molecule is CCCCCC/C=C\C=C/CCCCCCCC(=O)O[C@H](COC(=O)CCCCCCCCCCC(C)C)COP(=O)(O)OC[C@@H](O)COP(=O)(O)OC[C@@H](COC(=O)CCCCCCCCC(C)C)OC(=O)CCCCCCCCCCC(C)C. The lowest BCUT2D eigenvalue weighted by Crippen LogP contribution is -2.30. The molecule has 0 aliphatic carbocycles. The molecule has 0 aromatic carbocycles. The summed E-state index contributed by atoms with van der Waals surface area (Å²) in [6.45, 7) is 11.6. The van der Waals surface area contributed by atoms with Gasteiger partial charge in [0.1, 0.15) is 19.3 Å². The Balaban J connectivity index is 5.28. The van der Waals surface area contributed by atoms with Crippen LogP contribution < -0.4 is 0 Å². The third-order valence-corrected chi connectivity index (χ3v) is 16.7. The third kappa shape index (κ3) is 60.5. The monoisotopic (exact) mass is 1260 g/mol. The third-order valence-electron chi connectivity index (χ3n) is 14.8. The van der Waals surface area contributed by atoms with E-state index in [1.807, 2.05) is 0 Å². The average Bonchev–Trinajstić information content (AvgIpc) is 3.59. The van der Waals surface area contributed by atoms with Gasteiger partial charge in [-0.05, 0) is 69.1 Å². The number of aliphatic hydroxyl groups is 1. The molecule has 0 saturated heterocycles. The van der Waals surface area contributed by atoms with Gasteiger partial charge in [0, 0.05) is 25.7 Å². The number of ether oxygens (including phenoxy) is 4. The zero-order valence-electron chi connectivity index (χ0n) is 55.3. The maximum atomic E-state index is 13.0. The second kappa shape index (κ2) is 57.7. The van der Waals surface area contributed by atoms with Gasteiger partial charge in [0.05, 0.1) is 26.4 Å². The summed E-state index contributed by atoms with van der Waals surface area (Å²) in [4.78, 5) is 72.3. The molecule has 0 rings (SSSR count). The summed E-state index contributed by atoms with van der Waals surface area (Å²) in [6.07, 6.45) is 42.8. The maximum absolute atomic E-state index is 13.0. The summed E-state index contributed by atoms with van der Waals surface area (Å²) in [6, 6.07) is 0. The van der Waals surface area contributed by atoms with Crippen molar-refractivity contribution in [3.63, 3.8) is 0 Å². The molecule has 2 unspecified atom stereocenters. The molecule has 0 aromatic heterocycles. The lowest BCUT2D eigenvalue weighted by molar-refractivity contribution is -0.161. The van der Waals surface area contributed by atoms with Crippen LogP contribution in [0.15, 0.2) is 24.3 Å². The van der Waals surface area contributed by atoms with Crippen molar-refractivity contribution in [3.05, 3.63) is 24.3 Å². The fourth-order valence-corrected chi connectivity index (χ4v) is 11.0. The molecule has 5 atom stereocenters. The van der Waals surface area contributed by atoms with Crippen molar-refractivity contribution in [1.29, 1.82) is 0 Å². The first-order chi connectivity index (χ1) is 41.2. The molecule has 0 amide bonds. The first-order valence-electron chi connectivity index (χ1n) is 34.2. The number of unbranched alkanes of at least 4 members (excludes halogenated alkanes) is 28. The van der Waals surface area contributed by atoms with Gasteiger partial charge in [0.15, 0.2) is 12.2 Å². The number of allylic oxidation sites excluding steroid dienone is 4. The van der Waals surface area contributed by atoms with E-state index < -0.39 is 97.5 Å². The van der Waals surface area contributed by atoms with Gasteiger partial charge in [-0.2, -0.15) is 0 Å². The van der Waals surface area contributed by atoms with E-state index in [1.54, 1.807) is 0 Å². The second-order valence-corrected chi connectivity index (χ2v) is 27.9. The molecule has 506 valence electrons. The van der Waals surface area contributed by atoms with Gasteiger partial charge in [0.2, 0.25) is 0 Å². The predicted molar refractivity (Wildman–Crippen MR) is 344 cm³/mol. The molecule has 0 fully saturated rings. The molecule has 0 saturated carbocycles. The standard InChI is InChI=1S/C67H126O17P2/c1-8-9-10-11-12-13-14-15-16-17-18-19-27-36-43-50-66(71)83-62(54-77-64(69)48-41-34-26-22-20-24-31-38-45-58(2)3)56-81-85(73,74)79-52-61(68)53-80-86(75,76)82-57-63(55-78-65(70)49-42-35-30-29-33-40-47-60(6)7)84-67(72)51-44-37-28-23-21-25-32-39-46-59(4)5/h13-16,58-63,68H,8-12,17-57H2,1-7H3,(H,73,74)(H,75,76)/b14-13-,16-15-/t61-,62-,63-/m1/s1. The van der Waals surface area contributed by atoms with Crippen LogP contribution in [0.25, 0.3) is 0 Å². The number of hydrogen-bond acceptors (Lipinski definition) is 15. The van der Waals surface area contributed by atoms with Crippen LogP contribution in [0.4, 0.5) is 0 Å². The van der Waals surface area contributed by atoms with Crippen LogP contribution in [0.3, 0.4) is 0 Å². The lowest BCUT2D eigenvalue weighted by atomic mass is 10.0. The van der Waals surface area contributed by atoms with Crippen LogP contribution in [0.1, 0.15) is 305 Å². The molecule has 0 spiro atoms. The van der Waals surface area contributed by atoms with E-state index in [-0.39, 0.29) is 25.7 Å². The summed E-state index contributed by atoms with van der Waals surface area (Å²) >= 11 is 0. The van der Waals surface area contributed by atoms with Crippen LogP contribution in [0.2, 0.25) is 0 Å². The molecule has 0 aromatic rings. The number of aliphatic hydroxyl groups excluding tert-OH is 1. The van der Waals surface area contributed by atoms with E-state index in [4.69, 9.17) is 37.0 Å². The Hall–Kier alpha value is -2.46. The summed E-state index contributed by atoms with van der Waals surface area (Å²) in [5, 5.41) is 10.5. The minimum absolute atomic E-state index is 0.0837. The highest BCUT2D eigenvalue weighted by atomic mass is 31.2. The van der Waals surface area contributed by atoms with Gasteiger partial charge in [-0.3, -0.25) is 37.3 Å². The highest BCUT2D eigenvalue weighted by Gasteiger charge is 2.30. The van der Waals surface area contributed by atoms with Crippen molar-refractivity contribution in [2.24, 2.45) is 17.8 Å². The molecule has 0 heterocycles. The lowest BCUT2D eigenvalue weighted by Gasteiger charge is -2.21. The predicted octanol–water partition coefficient (Wildman–Crippen LogP) is 18.2. The van der Waals surface area contributed by atoms with Crippen molar-refractivity contribution in [1.82, 2.24) is 0 Å². The summed E-state index contributed by atoms with van der Waals surface area (Å²) < 4.78 is 68.0. The molecule has 0 radical (unpaired) electrons. The van der Waals surface area contributed by atoms with Crippen LogP contribution in [0, 0.1) is 17.8 Å². The van der Waals surface area contributed by atoms with Gasteiger partial charge in [-0.15, -0.1) is 0 Å². The van der Waals surface area contributed by atoms with E-state index in [0.29, 0.717) is 37.5 Å². The summed E-state index contributed by atoms with van der Waals surface area (Å²) in [7, 11) is -9.91. The van der Waals surface area contributed by atoms with Crippen molar-refractivity contribution >= 4 is 39.5 Å². The molecule has 86 heavy (non-hydrogen) atoms. The largest absolute Gasteiger partial charge is 0.472 e. The average molecular weight is 1270 g/mol. The maximum Gasteiger partial charge on any atom is 0.472 e. The smallest absolute Gasteiger partial charge is 0.462 e. The highest BCUT2D eigenvalue weighted by molar-refractivity contribution is 7.47. The van der Waals surface area contributed by atoms with Crippen molar-refractivity contribution in [3.8, 4) is 0 Å². The minimum Gasteiger partial charge on any atom is -0.462 e. The van der Waals surface area contributed by atoms with E-state index >= 15 is 0 Å². The molecular formula is C67H126O17P2. The molecule has 17 nitrogen and oxygen atoms in total. The first-order valence-corrected chi connectivity index (χ1v) is 37.2. The quantitative estimate of drug-likeness (QED) is 0.0169. The fraction of sp³-hybridized carbons (Fsp3) is 0.881.